The first-order valence-electron chi connectivity index (χ1n) is 5.68. The zero-order valence-electron chi connectivity index (χ0n) is 10.7. The average Bonchev–Trinajstić information content (AvgIpc) is 2.31. The Hall–Kier alpha value is -0.940. The molecule has 6 heteroatoms. The van der Waals surface area contributed by atoms with E-state index < -0.39 is 9.84 Å². The van der Waals surface area contributed by atoms with E-state index in [0.717, 1.165) is 5.69 Å². The molecule has 1 rings (SSSR count). The van der Waals surface area contributed by atoms with Crippen LogP contribution >= 0.6 is 11.6 Å². The summed E-state index contributed by atoms with van der Waals surface area (Å²) in [4.78, 5) is 0. The Morgan fingerprint density at radius 1 is 1.44 bits per heavy atom. The van der Waals surface area contributed by atoms with Gasteiger partial charge in [0.05, 0.1) is 17.9 Å². The smallest absolute Gasteiger partial charge is 0.152 e. The van der Waals surface area contributed by atoms with E-state index >= 15 is 0 Å². The molecule has 0 aliphatic rings. The number of hydrogen-bond donors (Lipinski definition) is 1. The van der Waals surface area contributed by atoms with Gasteiger partial charge in [-0.1, -0.05) is 18.5 Å². The number of benzene rings is 1. The van der Waals surface area contributed by atoms with Crippen LogP contribution in [0.3, 0.4) is 0 Å². The second-order valence-electron chi connectivity index (χ2n) is 4.09. The molecule has 0 spiro atoms. The number of nitrogens with one attached hydrogen (secondary N) is 1. The highest BCUT2D eigenvalue weighted by molar-refractivity contribution is 7.91. The molecule has 0 bridgehead atoms. The van der Waals surface area contributed by atoms with E-state index in [1.165, 1.54) is 7.11 Å². The van der Waals surface area contributed by atoms with E-state index in [-0.39, 0.29) is 17.5 Å². The minimum Gasteiger partial charge on any atom is -0.495 e. The first kappa shape index (κ1) is 15.1. The molecule has 0 radical (unpaired) electrons. The van der Waals surface area contributed by atoms with Crippen LogP contribution in [0, 0.1) is 0 Å². The maximum atomic E-state index is 11.5. The van der Waals surface area contributed by atoms with Crippen molar-refractivity contribution in [1.82, 2.24) is 0 Å². The summed E-state index contributed by atoms with van der Waals surface area (Å²) in [7, 11) is -1.44. The maximum Gasteiger partial charge on any atom is 0.152 e. The van der Waals surface area contributed by atoms with E-state index in [1.807, 2.05) is 6.92 Å². The Kier molecular flexibility index (Phi) is 5.28. The van der Waals surface area contributed by atoms with Crippen molar-refractivity contribution in [1.29, 1.82) is 0 Å². The summed E-state index contributed by atoms with van der Waals surface area (Å²) < 4.78 is 28.1. The van der Waals surface area contributed by atoms with Crippen LogP contribution in [-0.4, -0.2) is 33.1 Å². The molecule has 1 unspecified atom stereocenters. The van der Waals surface area contributed by atoms with Gasteiger partial charge < -0.3 is 10.1 Å². The molecule has 1 atom stereocenters. The van der Waals surface area contributed by atoms with Crippen molar-refractivity contribution < 1.29 is 13.2 Å². The third-order valence-electron chi connectivity index (χ3n) is 2.51. The molecule has 0 saturated carbocycles. The number of rotatable bonds is 6. The largest absolute Gasteiger partial charge is 0.495 e. The maximum absolute atomic E-state index is 11.5. The standard InChI is InChI=1S/C12H18ClNO3S/c1-4-18(15,16)8-9(2)14-10-5-6-11(13)12(7-10)17-3/h5-7,9,14H,4,8H2,1-3H3. The zero-order chi connectivity index (χ0) is 13.8. The molecule has 4 nitrogen and oxygen atoms in total. The highest BCUT2D eigenvalue weighted by atomic mass is 35.5. The monoisotopic (exact) mass is 291 g/mol. The Bertz CT molecular complexity index is 502. The molecule has 18 heavy (non-hydrogen) atoms. The normalized spacial score (nSPS) is 13.1. The van der Waals surface area contributed by atoms with Crippen LogP contribution < -0.4 is 10.1 Å². The Balaban J connectivity index is 2.73. The average molecular weight is 292 g/mol. The van der Waals surface area contributed by atoms with Gasteiger partial charge in [-0.3, -0.25) is 0 Å². The first-order chi connectivity index (χ1) is 8.38. The summed E-state index contributed by atoms with van der Waals surface area (Å²) >= 11 is 5.91. The van der Waals surface area contributed by atoms with Crippen molar-refractivity contribution in [3.63, 3.8) is 0 Å². The number of methoxy groups -OCH3 is 1. The molecular formula is C12H18ClNO3S. The third kappa shape index (κ3) is 4.38. The van der Waals surface area contributed by atoms with Gasteiger partial charge in [-0.05, 0) is 19.1 Å². The minimum atomic E-state index is -2.98. The molecule has 0 heterocycles. The van der Waals surface area contributed by atoms with Gasteiger partial charge in [-0.15, -0.1) is 0 Å². The van der Waals surface area contributed by atoms with Gasteiger partial charge in [0.15, 0.2) is 9.84 Å². The third-order valence-corrected chi connectivity index (χ3v) is 4.71. The van der Waals surface area contributed by atoms with Crippen LogP contribution in [0.4, 0.5) is 5.69 Å². The minimum absolute atomic E-state index is 0.106. The Morgan fingerprint density at radius 3 is 2.67 bits per heavy atom. The van der Waals surface area contributed by atoms with E-state index in [0.29, 0.717) is 10.8 Å². The van der Waals surface area contributed by atoms with Crippen LogP contribution in [0.2, 0.25) is 5.02 Å². The lowest BCUT2D eigenvalue weighted by molar-refractivity contribution is 0.415. The number of anilines is 1. The van der Waals surface area contributed by atoms with Gasteiger partial charge in [-0.2, -0.15) is 0 Å². The molecule has 1 aromatic rings. The molecule has 0 saturated heterocycles. The molecule has 0 fully saturated rings. The fraction of sp³-hybridized carbons (Fsp3) is 0.500. The molecular weight excluding hydrogens is 274 g/mol. The Morgan fingerprint density at radius 2 is 2.11 bits per heavy atom. The number of hydrogen-bond acceptors (Lipinski definition) is 4. The fourth-order valence-electron chi connectivity index (χ4n) is 1.57. The van der Waals surface area contributed by atoms with Crippen LogP contribution in [0.15, 0.2) is 18.2 Å². The number of ether oxygens (including phenoxy) is 1. The molecule has 102 valence electrons. The molecule has 1 aromatic carbocycles. The lowest BCUT2D eigenvalue weighted by atomic mass is 10.2. The van der Waals surface area contributed by atoms with E-state index in [1.54, 1.807) is 25.1 Å². The van der Waals surface area contributed by atoms with E-state index in [4.69, 9.17) is 16.3 Å². The van der Waals surface area contributed by atoms with Gasteiger partial charge in [-0.25, -0.2) is 8.42 Å². The lowest BCUT2D eigenvalue weighted by Gasteiger charge is -2.16. The van der Waals surface area contributed by atoms with Crippen molar-refractivity contribution in [3.8, 4) is 5.75 Å². The van der Waals surface area contributed by atoms with E-state index in [9.17, 15) is 8.42 Å². The SMILES string of the molecule is CCS(=O)(=O)CC(C)Nc1ccc(Cl)c(OC)c1. The lowest BCUT2D eigenvalue weighted by Crippen LogP contribution is -2.26. The van der Waals surface area contributed by atoms with Crippen LogP contribution in [-0.2, 0) is 9.84 Å². The molecule has 0 aliphatic heterocycles. The second kappa shape index (κ2) is 6.29. The fourth-order valence-corrected chi connectivity index (χ4v) is 2.85. The van der Waals surface area contributed by atoms with Gasteiger partial charge in [0.25, 0.3) is 0 Å². The summed E-state index contributed by atoms with van der Waals surface area (Å²) in [6, 6.07) is 5.09. The number of sulfone groups is 1. The van der Waals surface area contributed by atoms with Crippen molar-refractivity contribution in [2.75, 3.05) is 23.9 Å². The summed E-state index contributed by atoms with van der Waals surface area (Å²) in [6.07, 6.45) is 0. The van der Waals surface area contributed by atoms with Gasteiger partial charge in [0, 0.05) is 23.5 Å². The predicted octanol–water partition coefficient (Wildman–Crippen LogP) is 2.58. The predicted molar refractivity (Wildman–Crippen MR) is 75.4 cm³/mol. The topological polar surface area (TPSA) is 55.4 Å². The summed E-state index contributed by atoms with van der Waals surface area (Å²) in [5, 5.41) is 3.64. The first-order valence-corrected chi connectivity index (χ1v) is 7.88. The quantitative estimate of drug-likeness (QED) is 0.875. The highest BCUT2D eigenvalue weighted by Crippen LogP contribution is 2.27. The highest BCUT2D eigenvalue weighted by Gasteiger charge is 2.14. The van der Waals surface area contributed by atoms with Gasteiger partial charge in [0.1, 0.15) is 5.75 Å². The second-order valence-corrected chi connectivity index (χ2v) is 6.90. The van der Waals surface area contributed by atoms with Crippen molar-refractivity contribution in [3.05, 3.63) is 23.2 Å². The van der Waals surface area contributed by atoms with Crippen LogP contribution in [0.5, 0.6) is 5.75 Å². The number of halogens is 1. The van der Waals surface area contributed by atoms with Crippen molar-refractivity contribution in [2.45, 2.75) is 19.9 Å². The van der Waals surface area contributed by atoms with Crippen LogP contribution in [0.1, 0.15) is 13.8 Å². The Labute approximate surface area is 113 Å². The zero-order valence-corrected chi connectivity index (χ0v) is 12.3. The van der Waals surface area contributed by atoms with Crippen LogP contribution in [0.25, 0.3) is 0 Å². The summed E-state index contributed by atoms with van der Waals surface area (Å²) in [5.74, 6) is 0.824. The van der Waals surface area contributed by atoms with Gasteiger partial charge >= 0.3 is 0 Å². The molecule has 0 amide bonds. The van der Waals surface area contributed by atoms with Crippen molar-refractivity contribution in [2.24, 2.45) is 0 Å². The molecule has 0 aliphatic carbocycles. The molecule has 0 aromatic heterocycles. The molecule has 1 N–H and O–H groups in total. The summed E-state index contributed by atoms with van der Waals surface area (Å²) in [6.45, 7) is 3.47. The van der Waals surface area contributed by atoms with Gasteiger partial charge in [0.2, 0.25) is 0 Å². The van der Waals surface area contributed by atoms with Crippen molar-refractivity contribution >= 4 is 27.1 Å². The summed E-state index contributed by atoms with van der Waals surface area (Å²) in [5.41, 5.74) is 0.787. The van der Waals surface area contributed by atoms with E-state index in [2.05, 4.69) is 5.32 Å².